The Bertz CT molecular complexity index is 632. The molecule has 5 heteroatoms. The molecule has 1 aromatic carbocycles. The molecular formula is C17H18O5. The first kappa shape index (κ1) is 15.7. The van der Waals surface area contributed by atoms with Gasteiger partial charge in [-0.2, -0.15) is 0 Å². The number of carbonyl (C=O) groups excluding carboxylic acids is 1. The van der Waals surface area contributed by atoms with Gasteiger partial charge in [-0.25, -0.2) is 0 Å². The highest BCUT2D eigenvalue weighted by Crippen LogP contribution is 2.33. The molecule has 1 aliphatic carbocycles. The SMILES string of the molecule is COC1=CC[C@H](/C=C\C(=O)c2c(O)cc(OC)cc2O)C=C1. The molecule has 0 unspecified atom stereocenters. The molecule has 2 N–H and O–H groups in total. The highest BCUT2D eigenvalue weighted by Gasteiger charge is 2.16. The van der Waals surface area contributed by atoms with Crippen molar-refractivity contribution in [2.75, 3.05) is 14.2 Å². The predicted molar refractivity (Wildman–Crippen MR) is 82.1 cm³/mol. The van der Waals surface area contributed by atoms with E-state index >= 15 is 0 Å². The molecule has 0 bridgehead atoms. The Morgan fingerprint density at radius 1 is 1.23 bits per heavy atom. The zero-order valence-electron chi connectivity index (χ0n) is 12.4. The van der Waals surface area contributed by atoms with Gasteiger partial charge in [-0.05, 0) is 30.6 Å². The van der Waals surface area contributed by atoms with Gasteiger partial charge in [0, 0.05) is 12.1 Å². The number of carbonyl (C=O) groups is 1. The number of hydrogen-bond donors (Lipinski definition) is 2. The van der Waals surface area contributed by atoms with Gasteiger partial charge in [0.05, 0.1) is 14.2 Å². The first-order chi connectivity index (χ1) is 10.5. The smallest absolute Gasteiger partial charge is 0.193 e. The highest BCUT2D eigenvalue weighted by molar-refractivity contribution is 6.08. The Kier molecular flexibility index (Phi) is 4.88. The van der Waals surface area contributed by atoms with Crippen LogP contribution < -0.4 is 4.74 Å². The zero-order valence-corrected chi connectivity index (χ0v) is 12.4. The fourth-order valence-electron chi connectivity index (χ4n) is 2.16. The molecule has 0 fully saturated rings. The third kappa shape index (κ3) is 3.49. The topological polar surface area (TPSA) is 76.0 Å². The summed E-state index contributed by atoms with van der Waals surface area (Å²) in [5.74, 6) is 0.0573. The summed E-state index contributed by atoms with van der Waals surface area (Å²) in [5.41, 5.74) is -0.134. The number of rotatable bonds is 5. The minimum absolute atomic E-state index is 0.0744. The first-order valence-electron chi connectivity index (χ1n) is 6.80. The van der Waals surface area contributed by atoms with Crippen molar-refractivity contribution in [2.24, 2.45) is 5.92 Å². The normalized spacial score (nSPS) is 17.4. The number of benzene rings is 1. The lowest BCUT2D eigenvalue weighted by Gasteiger charge is -2.11. The first-order valence-corrected chi connectivity index (χ1v) is 6.80. The molecule has 116 valence electrons. The van der Waals surface area contributed by atoms with Gasteiger partial charge in [-0.3, -0.25) is 4.79 Å². The summed E-state index contributed by atoms with van der Waals surface area (Å²) in [6.07, 6.45) is 9.50. The fourth-order valence-corrected chi connectivity index (χ4v) is 2.16. The van der Waals surface area contributed by atoms with E-state index in [1.807, 2.05) is 18.2 Å². The lowest BCUT2D eigenvalue weighted by molar-refractivity contribution is 0.104. The van der Waals surface area contributed by atoms with Crippen LogP contribution in [0.1, 0.15) is 16.8 Å². The van der Waals surface area contributed by atoms with Crippen LogP contribution in [0.2, 0.25) is 0 Å². The summed E-state index contributed by atoms with van der Waals surface area (Å²) in [6, 6.07) is 2.57. The number of hydrogen-bond acceptors (Lipinski definition) is 5. The van der Waals surface area contributed by atoms with E-state index < -0.39 is 5.78 Å². The van der Waals surface area contributed by atoms with Gasteiger partial charge in [0.1, 0.15) is 28.6 Å². The van der Waals surface area contributed by atoms with E-state index in [2.05, 4.69) is 0 Å². The Morgan fingerprint density at radius 3 is 2.41 bits per heavy atom. The molecule has 0 spiro atoms. The number of methoxy groups -OCH3 is 2. The van der Waals surface area contributed by atoms with E-state index in [1.165, 1.54) is 25.3 Å². The van der Waals surface area contributed by atoms with Crippen LogP contribution in [-0.2, 0) is 4.74 Å². The number of aromatic hydroxyl groups is 2. The fraction of sp³-hybridized carbons (Fsp3) is 0.235. The van der Waals surface area contributed by atoms with Crippen LogP contribution in [0.4, 0.5) is 0 Å². The molecule has 0 aliphatic heterocycles. The maximum absolute atomic E-state index is 12.1. The Hall–Kier alpha value is -2.69. The number of ether oxygens (including phenoxy) is 2. The molecule has 0 saturated carbocycles. The maximum Gasteiger partial charge on any atom is 0.193 e. The van der Waals surface area contributed by atoms with Crippen molar-refractivity contribution >= 4 is 5.78 Å². The second kappa shape index (κ2) is 6.85. The summed E-state index contributed by atoms with van der Waals surface area (Å²) < 4.78 is 10.0. The Morgan fingerprint density at radius 2 is 1.91 bits per heavy atom. The summed E-state index contributed by atoms with van der Waals surface area (Å²) >= 11 is 0. The second-order valence-electron chi connectivity index (χ2n) is 4.83. The van der Waals surface area contributed by atoms with Gasteiger partial charge in [0.2, 0.25) is 0 Å². The monoisotopic (exact) mass is 302 g/mol. The van der Waals surface area contributed by atoms with E-state index in [-0.39, 0.29) is 28.7 Å². The van der Waals surface area contributed by atoms with E-state index in [1.54, 1.807) is 13.2 Å². The Labute approximate surface area is 128 Å². The van der Waals surface area contributed by atoms with Gasteiger partial charge in [-0.15, -0.1) is 0 Å². The number of allylic oxidation sites excluding steroid dienone is 5. The second-order valence-corrected chi connectivity index (χ2v) is 4.83. The molecule has 0 aromatic heterocycles. The van der Waals surface area contributed by atoms with E-state index in [9.17, 15) is 15.0 Å². The maximum atomic E-state index is 12.1. The van der Waals surface area contributed by atoms with Crippen LogP contribution in [0.5, 0.6) is 17.2 Å². The van der Waals surface area contributed by atoms with E-state index in [4.69, 9.17) is 9.47 Å². The standard InChI is InChI=1S/C17H18O5/c1-21-12-6-3-11(4-7-12)5-8-14(18)17-15(19)9-13(22-2)10-16(17)20/h3,5-11,19-20H,4H2,1-2H3/b8-5-/t11-/m1/s1. The third-order valence-corrected chi connectivity index (χ3v) is 3.38. The lowest BCUT2D eigenvalue weighted by atomic mass is 9.98. The number of phenols is 2. The predicted octanol–water partition coefficient (Wildman–Crippen LogP) is 2.95. The quantitative estimate of drug-likeness (QED) is 0.646. The van der Waals surface area contributed by atoms with Gasteiger partial charge < -0.3 is 19.7 Å². The molecule has 0 radical (unpaired) electrons. The molecule has 0 heterocycles. The van der Waals surface area contributed by atoms with Gasteiger partial charge in [0.25, 0.3) is 0 Å². The van der Waals surface area contributed by atoms with Crippen molar-refractivity contribution in [2.45, 2.75) is 6.42 Å². The minimum atomic E-state index is -0.465. The lowest BCUT2D eigenvalue weighted by Crippen LogP contribution is -2.01. The average molecular weight is 302 g/mol. The van der Waals surface area contributed by atoms with Gasteiger partial charge >= 0.3 is 0 Å². The van der Waals surface area contributed by atoms with Gasteiger partial charge in [-0.1, -0.05) is 12.2 Å². The molecule has 1 aromatic rings. The Balaban J connectivity index is 2.12. The molecule has 1 atom stereocenters. The van der Waals surface area contributed by atoms with Crippen LogP contribution in [0.25, 0.3) is 0 Å². The van der Waals surface area contributed by atoms with Crippen molar-refractivity contribution < 1.29 is 24.5 Å². The molecule has 5 nitrogen and oxygen atoms in total. The summed E-state index contributed by atoms with van der Waals surface area (Å²) in [5, 5.41) is 19.7. The largest absolute Gasteiger partial charge is 0.507 e. The average Bonchev–Trinajstić information content (AvgIpc) is 2.52. The van der Waals surface area contributed by atoms with Crippen molar-refractivity contribution in [1.29, 1.82) is 0 Å². The molecule has 0 amide bonds. The summed E-state index contributed by atoms with van der Waals surface area (Å²) in [7, 11) is 3.01. The number of phenolic OH excluding ortho intramolecular Hbond substituents is 2. The summed E-state index contributed by atoms with van der Waals surface area (Å²) in [6.45, 7) is 0. The molecule has 0 saturated heterocycles. The highest BCUT2D eigenvalue weighted by atomic mass is 16.5. The number of ketones is 1. The van der Waals surface area contributed by atoms with Crippen LogP contribution >= 0.6 is 0 Å². The molecule has 2 rings (SSSR count). The molecule has 22 heavy (non-hydrogen) atoms. The van der Waals surface area contributed by atoms with E-state index in [0.29, 0.717) is 0 Å². The summed E-state index contributed by atoms with van der Waals surface area (Å²) in [4.78, 5) is 12.1. The van der Waals surface area contributed by atoms with Crippen LogP contribution in [0.3, 0.4) is 0 Å². The van der Waals surface area contributed by atoms with Crippen molar-refractivity contribution in [3.05, 3.63) is 53.8 Å². The molecular weight excluding hydrogens is 284 g/mol. The van der Waals surface area contributed by atoms with Crippen molar-refractivity contribution in [3.8, 4) is 17.2 Å². The minimum Gasteiger partial charge on any atom is -0.507 e. The van der Waals surface area contributed by atoms with Crippen LogP contribution in [-0.4, -0.2) is 30.2 Å². The van der Waals surface area contributed by atoms with Crippen LogP contribution in [0.15, 0.2) is 48.3 Å². The van der Waals surface area contributed by atoms with Crippen molar-refractivity contribution in [3.63, 3.8) is 0 Å². The van der Waals surface area contributed by atoms with Gasteiger partial charge in [0.15, 0.2) is 5.78 Å². The van der Waals surface area contributed by atoms with Crippen LogP contribution in [0, 0.1) is 5.92 Å². The van der Waals surface area contributed by atoms with Crippen molar-refractivity contribution in [1.82, 2.24) is 0 Å². The third-order valence-electron chi connectivity index (χ3n) is 3.38. The molecule has 1 aliphatic rings. The van der Waals surface area contributed by atoms with E-state index in [0.717, 1.165) is 12.2 Å². The zero-order chi connectivity index (χ0) is 16.1.